The van der Waals surface area contributed by atoms with E-state index in [-0.39, 0.29) is 23.7 Å². The van der Waals surface area contributed by atoms with Crippen molar-refractivity contribution in [2.24, 2.45) is 5.92 Å². The standard InChI is InChI=1S/C32H38N6O3/c1-22(39)37-14-11-23(12-15-37)21-38-30(40)32(2,36-31(38)33)27-8-4-7-25(16-27)29-17-28(41-3)10-9-26(29)20-35-19-24-6-5-13-34-18-24/h4-10,13,16-18,23,35H,11-12,14-15,19-21H2,1-3H3,(H2,33,36). The molecule has 0 radical (unpaired) electrons. The lowest BCUT2D eigenvalue weighted by molar-refractivity contribution is -0.133. The molecule has 3 heterocycles. The van der Waals surface area contributed by atoms with Crippen LogP contribution >= 0.6 is 0 Å². The quantitative estimate of drug-likeness (QED) is 0.370. The number of carbonyl (C=O) groups is 2. The summed E-state index contributed by atoms with van der Waals surface area (Å²) in [5.41, 5.74) is 3.95. The van der Waals surface area contributed by atoms with Gasteiger partial charge in [0.1, 0.15) is 11.3 Å². The molecular weight excluding hydrogens is 516 g/mol. The number of likely N-dealkylation sites (tertiary alicyclic amines) is 1. The number of rotatable bonds is 9. The molecular formula is C32H38N6O3. The molecule has 0 aliphatic carbocycles. The largest absolute Gasteiger partial charge is 0.497 e. The van der Waals surface area contributed by atoms with Crippen LogP contribution in [0.3, 0.4) is 0 Å². The first kappa shape index (κ1) is 28.3. The van der Waals surface area contributed by atoms with E-state index in [9.17, 15) is 9.59 Å². The first-order chi connectivity index (χ1) is 19.8. The van der Waals surface area contributed by atoms with Gasteiger partial charge in [-0.2, -0.15) is 0 Å². The third kappa shape index (κ3) is 6.10. The minimum absolute atomic E-state index is 0.0889. The summed E-state index contributed by atoms with van der Waals surface area (Å²) in [6, 6.07) is 18.0. The number of benzene rings is 2. The molecule has 0 spiro atoms. The maximum absolute atomic E-state index is 13.8. The van der Waals surface area contributed by atoms with Crippen LogP contribution in [-0.4, -0.2) is 59.3 Å². The van der Waals surface area contributed by atoms with Crippen LogP contribution in [0.15, 0.2) is 67.0 Å². The van der Waals surface area contributed by atoms with Crippen LogP contribution in [0, 0.1) is 11.3 Å². The van der Waals surface area contributed by atoms with Crippen LogP contribution in [0.2, 0.25) is 0 Å². The number of methoxy groups -OCH3 is 1. The molecule has 9 nitrogen and oxygen atoms in total. The zero-order chi connectivity index (χ0) is 29.0. The zero-order valence-electron chi connectivity index (χ0n) is 23.9. The third-order valence-corrected chi connectivity index (χ3v) is 8.25. The number of nitrogens with one attached hydrogen (secondary N) is 3. The number of guanidine groups is 1. The Morgan fingerprint density at radius 2 is 1.95 bits per heavy atom. The van der Waals surface area contributed by atoms with E-state index in [0.29, 0.717) is 32.7 Å². The number of aromatic nitrogens is 1. The van der Waals surface area contributed by atoms with Crippen molar-refractivity contribution in [3.63, 3.8) is 0 Å². The van der Waals surface area contributed by atoms with Gasteiger partial charge in [0.15, 0.2) is 5.96 Å². The van der Waals surface area contributed by atoms with Crippen LogP contribution in [0.1, 0.15) is 43.4 Å². The lowest BCUT2D eigenvalue weighted by Gasteiger charge is -2.33. The van der Waals surface area contributed by atoms with Crippen molar-refractivity contribution in [3.8, 4) is 16.9 Å². The van der Waals surface area contributed by atoms with E-state index >= 15 is 0 Å². The Labute approximate surface area is 241 Å². The highest BCUT2D eigenvalue weighted by Crippen LogP contribution is 2.35. The summed E-state index contributed by atoms with van der Waals surface area (Å²) >= 11 is 0. The Bertz CT molecular complexity index is 1420. The van der Waals surface area contributed by atoms with Crippen molar-refractivity contribution < 1.29 is 14.3 Å². The molecule has 0 saturated carbocycles. The predicted octanol–water partition coefficient (Wildman–Crippen LogP) is 3.89. The second kappa shape index (κ2) is 12.1. The third-order valence-electron chi connectivity index (χ3n) is 8.25. The van der Waals surface area contributed by atoms with Gasteiger partial charge in [-0.25, -0.2) is 0 Å². The normalized spacial score (nSPS) is 19.4. The van der Waals surface area contributed by atoms with E-state index in [2.05, 4.69) is 21.7 Å². The highest BCUT2D eigenvalue weighted by Gasteiger charge is 2.47. The van der Waals surface area contributed by atoms with Gasteiger partial charge in [0.25, 0.3) is 5.91 Å². The smallest absolute Gasteiger partial charge is 0.259 e. The summed E-state index contributed by atoms with van der Waals surface area (Å²) in [5.74, 6) is 1.10. The maximum atomic E-state index is 13.8. The lowest BCUT2D eigenvalue weighted by atomic mass is 9.88. The molecule has 1 atom stereocenters. The second-order valence-electron chi connectivity index (χ2n) is 11.0. The molecule has 2 fully saturated rings. The van der Waals surface area contributed by atoms with Gasteiger partial charge in [-0.3, -0.25) is 24.9 Å². The lowest BCUT2D eigenvalue weighted by Crippen LogP contribution is -2.43. The molecule has 0 bridgehead atoms. The maximum Gasteiger partial charge on any atom is 0.259 e. The van der Waals surface area contributed by atoms with E-state index in [4.69, 9.17) is 10.1 Å². The van der Waals surface area contributed by atoms with Crippen molar-refractivity contribution in [1.82, 2.24) is 25.4 Å². The van der Waals surface area contributed by atoms with Gasteiger partial charge in [-0.15, -0.1) is 0 Å². The number of hydrogen-bond acceptors (Lipinski definition) is 6. The van der Waals surface area contributed by atoms with Gasteiger partial charge in [0.2, 0.25) is 5.91 Å². The molecule has 2 aliphatic rings. The Morgan fingerprint density at radius 3 is 2.66 bits per heavy atom. The second-order valence-corrected chi connectivity index (χ2v) is 11.0. The fourth-order valence-electron chi connectivity index (χ4n) is 5.74. The summed E-state index contributed by atoms with van der Waals surface area (Å²) < 4.78 is 5.54. The molecule has 3 N–H and O–H groups in total. The summed E-state index contributed by atoms with van der Waals surface area (Å²) in [6.07, 6.45) is 5.28. The van der Waals surface area contributed by atoms with Crippen LogP contribution < -0.4 is 15.4 Å². The van der Waals surface area contributed by atoms with E-state index in [1.54, 1.807) is 25.1 Å². The van der Waals surface area contributed by atoms with E-state index in [0.717, 1.165) is 46.4 Å². The topological polar surface area (TPSA) is 111 Å². The molecule has 2 aliphatic heterocycles. The molecule has 9 heteroatoms. The number of carbonyl (C=O) groups excluding carboxylic acids is 2. The average molecular weight is 555 g/mol. The van der Waals surface area contributed by atoms with Gasteiger partial charge >= 0.3 is 0 Å². The summed E-state index contributed by atoms with van der Waals surface area (Å²) in [7, 11) is 1.65. The summed E-state index contributed by atoms with van der Waals surface area (Å²) in [6.45, 7) is 6.66. The molecule has 1 aromatic heterocycles. The van der Waals surface area contributed by atoms with Crippen molar-refractivity contribution >= 4 is 17.8 Å². The highest BCUT2D eigenvalue weighted by atomic mass is 16.5. The first-order valence-corrected chi connectivity index (χ1v) is 14.1. The zero-order valence-corrected chi connectivity index (χ0v) is 23.9. The summed E-state index contributed by atoms with van der Waals surface area (Å²) in [4.78, 5) is 33.1. The molecule has 41 heavy (non-hydrogen) atoms. The van der Waals surface area contributed by atoms with E-state index < -0.39 is 5.54 Å². The number of hydrogen-bond donors (Lipinski definition) is 3. The minimum atomic E-state index is -1.05. The molecule has 5 rings (SSSR count). The SMILES string of the molecule is COc1ccc(CNCc2cccnc2)c(-c2cccc(C3(C)NC(=N)N(CC4CCN(C(C)=O)CC4)C3=O)c2)c1. The Kier molecular flexibility index (Phi) is 8.35. The van der Waals surface area contributed by atoms with Crippen LogP contribution in [0.25, 0.3) is 11.1 Å². The highest BCUT2D eigenvalue weighted by molar-refractivity contribution is 6.08. The Hall–Kier alpha value is -4.24. The van der Waals surface area contributed by atoms with Crippen molar-refractivity contribution in [2.45, 2.75) is 45.3 Å². The van der Waals surface area contributed by atoms with Crippen molar-refractivity contribution in [3.05, 3.63) is 83.7 Å². The number of amides is 2. The van der Waals surface area contributed by atoms with Crippen LogP contribution in [0.4, 0.5) is 0 Å². The molecule has 2 saturated heterocycles. The molecule has 1 unspecified atom stereocenters. The number of pyridine rings is 1. The van der Waals surface area contributed by atoms with Gasteiger partial charge in [0, 0.05) is 52.0 Å². The monoisotopic (exact) mass is 554 g/mol. The Morgan fingerprint density at radius 1 is 1.15 bits per heavy atom. The van der Waals surface area contributed by atoms with Gasteiger partial charge in [0.05, 0.1) is 7.11 Å². The number of ether oxygens (including phenoxy) is 1. The average Bonchev–Trinajstić information content (AvgIpc) is 3.21. The number of nitrogens with zero attached hydrogens (tertiary/aromatic N) is 3. The molecule has 3 aromatic rings. The van der Waals surface area contributed by atoms with Crippen molar-refractivity contribution in [1.29, 1.82) is 5.41 Å². The van der Waals surface area contributed by atoms with Crippen LogP contribution in [0.5, 0.6) is 5.75 Å². The van der Waals surface area contributed by atoms with E-state index in [1.165, 1.54) is 0 Å². The molecule has 214 valence electrons. The van der Waals surface area contributed by atoms with Gasteiger partial charge in [-0.05, 0) is 77.8 Å². The summed E-state index contributed by atoms with van der Waals surface area (Å²) in [5, 5.41) is 15.3. The van der Waals surface area contributed by atoms with E-state index in [1.807, 2.05) is 66.6 Å². The van der Waals surface area contributed by atoms with Crippen molar-refractivity contribution in [2.75, 3.05) is 26.7 Å². The fraction of sp³-hybridized carbons (Fsp3) is 0.375. The predicted molar refractivity (Wildman–Crippen MR) is 158 cm³/mol. The molecule has 2 amide bonds. The minimum Gasteiger partial charge on any atom is -0.497 e. The first-order valence-electron chi connectivity index (χ1n) is 14.1. The van der Waals surface area contributed by atoms with Crippen LogP contribution in [-0.2, 0) is 28.2 Å². The molecule has 2 aromatic carbocycles. The van der Waals surface area contributed by atoms with Gasteiger partial charge in [-0.1, -0.05) is 30.3 Å². The number of piperidine rings is 1. The fourth-order valence-corrected chi connectivity index (χ4v) is 5.74. The Balaban J connectivity index is 1.35. The van der Waals surface area contributed by atoms with Gasteiger partial charge < -0.3 is 20.3 Å².